The molecule has 1 unspecified atom stereocenters. The van der Waals surface area contributed by atoms with Crippen molar-refractivity contribution in [2.45, 2.75) is 37.1 Å². The molecule has 1 rings (SSSR count). The maximum Gasteiger partial charge on any atom is 0.320 e. The highest BCUT2D eigenvalue weighted by Gasteiger charge is 2.42. The van der Waals surface area contributed by atoms with E-state index in [2.05, 4.69) is 0 Å². The van der Waals surface area contributed by atoms with Gasteiger partial charge in [-0.2, -0.15) is 11.8 Å². The third kappa shape index (κ3) is 4.08. The lowest BCUT2D eigenvalue weighted by Crippen LogP contribution is -2.35. The first-order valence-electron chi connectivity index (χ1n) is 5.58. The molecule has 0 amide bonds. The predicted octanol–water partition coefficient (Wildman–Crippen LogP) is -1.39. The standard InChI is InChI=1S/C10H19NO6S/c1-16-8-6(17-10(15)7(8)12)4-18-3-2-5(11)9(13)14/h5-8,10,12,15H,2-4,11H2,1H3,(H,13,14)/t5-,6+,7+,8+,10?/m0/s1. The van der Waals surface area contributed by atoms with E-state index >= 15 is 0 Å². The lowest BCUT2D eigenvalue weighted by atomic mass is 10.1. The first kappa shape index (κ1) is 15.7. The van der Waals surface area contributed by atoms with Gasteiger partial charge in [-0.05, 0) is 12.2 Å². The summed E-state index contributed by atoms with van der Waals surface area (Å²) < 4.78 is 10.2. The molecule has 0 aliphatic carbocycles. The fraction of sp³-hybridized carbons (Fsp3) is 0.900. The fourth-order valence-electron chi connectivity index (χ4n) is 1.68. The number of carbonyl (C=O) groups is 1. The highest BCUT2D eigenvalue weighted by atomic mass is 32.2. The van der Waals surface area contributed by atoms with Crippen LogP contribution in [0, 0.1) is 0 Å². The Morgan fingerprint density at radius 2 is 2.22 bits per heavy atom. The van der Waals surface area contributed by atoms with E-state index in [0.717, 1.165) is 0 Å². The van der Waals surface area contributed by atoms with Crippen molar-refractivity contribution in [3.05, 3.63) is 0 Å². The zero-order valence-electron chi connectivity index (χ0n) is 10.1. The van der Waals surface area contributed by atoms with Gasteiger partial charge >= 0.3 is 5.97 Å². The van der Waals surface area contributed by atoms with Crippen molar-refractivity contribution in [1.29, 1.82) is 0 Å². The number of carboxylic acid groups (broad SMARTS) is 1. The minimum atomic E-state index is -1.23. The van der Waals surface area contributed by atoms with E-state index in [-0.39, 0.29) is 0 Å². The Kier molecular flexibility index (Phi) is 6.33. The Morgan fingerprint density at radius 1 is 1.56 bits per heavy atom. The summed E-state index contributed by atoms with van der Waals surface area (Å²) in [5.74, 6) is 0.0443. The molecule has 1 fully saturated rings. The molecule has 106 valence electrons. The molecule has 1 saturated heterocycles. The highest BCUT2D eigenvalue weighted by molar-refractivity contribution is 7.99. The van der Waals surface area contributed by atoms with Gasteiger partial charge in [0.2, 0.25) is 0 Å². The van der Waals surface area contributed by atoms with E-state index in [4.69, 9.17) is 20.3 Å². The number of hydrogen-bond donors (Lipinski definition) is 4. The van der Waals surface area contributed by atoms with E-state index in [9.17, 15) is 15.0 Å². The minimum absolute atomic E-state index is 0.357. The Morgan fingerprint density at radius 3 is 2.78 bits per heavy atom. The van der Waals surface area contributed by atoms with Crippen LogP contribution in [0.3, 0.4) is 0 Å². The van der Waals surface area contributed by atoms with Crippen LogP contribution >= 0.6 is 11.8 Å². The maximum atomic E-state index is 10.5. The summed E-state index contributed by atoms with van der Waals surface area (Å²) in [6, 6.07) is -0.864. The molecule has 7 nitrogen and oxygen atoms in total. The second kappa shape index (κ2) is 7.27. The van der Waals surface area contributed by atoms with E-state index in [1.165, 1.54) is 18.9 Å². The number of aliphatic hydroxyl groups excluding tert-OH is 2. The summed E-state index contributed by atoms with van der Waals surface area (Å²) >= 11 is 1.45. The summed E-state index contributed by atoms with van der Waals surface area (Å²) in [5, 5.41) is 27.5. The molecule has 8 heteroatoms. The van der Waals surface area contributed by atoms with Gasteiger partial charge in [0.1, 0.15) is 18.2 Å². The lowest BCUT2D eigenvalue weighted by Gasteiger charge is -2.17. The number of hydrogen-bond acceptors (Lipinski definition) is 7. The van der Waals surface area contributed by atoms with Crippen LogP contribution in [-0.2, 0) is 14.3 Å². The predicted molar refractivity (Wildman–Crippen MR) is 65.2 cm³/mol. The van der Waals surface area contributed by atoms with Crippen LogP contribution < -0.4 is 5.73 Å². The fourth-order valence-corrected chi connectivity index (χ4v) is 2.77. The Hall–Kier alpha value is -0.380. The van der Waals surface area contributed by atoms with Crippen LogP contribution in [0.4, 0.5) is 0 Å². The molecule has 0 radical (unpaired) electrons. The van der Waals surface area contributed by atoms with Crippen molar-refractivity contribution < 1.29 is 29.6 Å². The van der Waals surface area contributed by atoms with E-state index < -0.39 is 36.6 Å². The molecule has 0 aromatic heterocycles. The smallest absolute Gasteiger partial charge is 0.320 e. The number of nitrogens with two attached hydrogens (primary N) is 1. The lowest BCUT2D eigenvalue weighted by molar-refractivity contribution is -0.138. The minimum Gasteiger partial charge on any atom is -0.480 e. The monoisotopic (exact) mass is 281 g/mol. The number of rotatable bonds is 7. The molecular weight excluding hydrogens is 262 g/mol. The summed E-state index contributed by atoms with van der Waals surface area (Å²) in [4.78, 5) is 10.5. The zero-order chi connectivity index (χ0) is 13.7. The van der Waals surface area contributed by atoms with Crippen molar-refractivity contribution in [2.24, 2.45) is 5.73 Å². The van der Waals surface area contributed by atoms with Crippen molar-refractivity contribution in [2.75, 3.05) is 18.6 Å². The second-order valence-corrected chi connectivity index (χ2v) is 5.21. The zero-order valence-corrected chi connectivity index (χ0v) is 10.9. The van der Waals surface area contributed by atoms with Gasteiger partial charge in [-0.15, -0.1) is 0 Å². The van der Waals surface area contributed by atoms with E-state index in [0.29, 0.717) is 17.9 Å². The molecule has 0 aromatic rings. The van der Waals surface area contributed by atoms with Gasteiger partial charge in [0.15, 0.2) is 6.29 Å². The molecule has 0 bridgehead atoms. The van der Waals surface area contributed by atoms with Gasteiger partial charge in [-0.1, -0.05) is 0 Å². The number of ether oxygens (including phenoxy) is 2. The molecule has 5 atom stereocenters. The number of aliphatic carboxylic acids is 1. The van der Waals surface area contributed by atoms with Crippen molar-refractivity contribution in [3.8, 4) is 0 Å². The van der Waals surface area contributed by atoms with Gasteiger partial charge in [0, 0.05) is 12.9 Å². The number of methoxy groups -OCH3 is 1. The summed E-state index contributed by atoms with van der Waals surface area (Å²) in [7, 11) is 1.44. The average molecular weight is 281 g/mol. The molecule has 0 saturated carbocycles. The summed E-state index contributed by atoms with van der Waals surface area (Å²) in [6.07, 6.45) is -2.91. The van der Waals surface area contributed by atoms with E-state index in [1.807, 2.05) is 0 Å². The second-order valence-electron chi connectivity index (χ2n) is 4.06. The molecule has 1 aliphatic rings. The van der Waals surface area contributed by atoms with Crippen LogP contribution in [-0.4, -0.2) is 70.5 Å². The SMILES string of the molecule is CO[C@@H]1[C@@H](CSCC[C@H](N)C(=O)O)OC(O)[C@@H]1O. The molecule has 5 N–H and O–H groups in total. The number of thioether (sulfide) groups is 1. The Balaban J connectivity index is 2.25. The highest BCUT2D eigenvalue weighted by Crippen LogP contribution is 2.25. The van der Waals surface area contributed by atoms with Crippen LogP contribution in [0.1, 0.15) is 6.42 Å². The first-order valence-corrected chi connectivity index (χ1v) is 6.73. The Labute approximate surface area is 109 Å². The average Bonchev–Trinajstić information content (AvgIpc) is 2.60. The molecule has 18 heavy (non-hydrogen) atoms. The molecule has 0 aromatic carbocycles. The van der Waals surface area contributed by atoms with Gasteiger partial charge in [0.25, 0.3) is 0 Å². The van der Waals surface area contributed by atoms with Gasteiger partial charge in [0.05, 0.1) is 6.10 Å². The first-order chi connectivity index (χ1) is 8.47. The maximum absolute atomic E-state index is 10.5. The quantitative estimate of drug-likeness (QED) is 0.421. The third-order valence-corrected chi connectivity index (χ3v) is 3.84. The third-order valence-electron chi connectivity index (χ3n) is 2.75. The number of aliphatic hydroxyl groups is 2. The molecule has 0 spiro atoms. The largest absolute Gasteiger partial charge is 0.480 e. The van der Waals surface area contributed by atoms with Gasteiger partial charge in [-0.3, -0.25) is 4.79 Å². The van der Waals surface area contributed by atoms with E-state index in [1.54, 1.807) is 0 Å². The van der Waals surface area contributed by atoms with Gasteiger partial charge in [-0.25, -0.2) is 0 Å². The summed E-state index contributed by atoms with van der Waals surface area (Å²) in [5.41, 5.74) is 5.36. The van der Waals surface area contributed by atoms with Crippen LogP contribution in [0.2, 0.25) is 0 Å². The number of carboxylic acids is 1. The van der Waals surface area contributed by atoms with Crippen molar-refractivity contribution >= 4 is 17.7 Å². The molecule has 1 aliphatic heterocycles. The molecular formula is C10H19NO6S. The molecule has 1 heterocycles. The summed E-state index contributed by atoms with van der Waals surface area (Å²) in [6.45, 7) is 0. The normalized spacial score (nSPS) is 33.6. The van der Waals surface area contributed by atoms with Crippen molar-refractivity contribution in [3.63, 3.8) is 0 Å². The van der Waals surface area contributed by atoms with Crippen LogP contribution in [0.15, 0.2) is 0 Å². The van der Waals surface area contributed by atoms with Crippen molar-refractivity contribution in [1.82, 2.24) is 0 Å². The van der Waals surface area contributed by atoms with Gasteiger partial charge < -0.3 is 30.5 Å². The Bertz CT molecular complexity index is 279. The topological polar surface area (TPSA) is 122 Å². The van der Waals surface area contributed by atoms with Crippen LogP contribution in [0.5, 0.6) is 0 Å². The van der Waals surface area contributed by atoms with Crippen LogP contribution in [0.25, 0.3) is 0 Å².